The van der Waals surface area contributed by atoms with E-state index in [1.165, 1.54) is 18.3 Å². The van der Waals surface area contributed by atoms with Gasteiger partial charge in [0.1, 0.15) is 6.04 Å². The summed E-state index contributed by atoms with van der Waals surface area (Å²) in [5, 5.41) is 4.43. The van der Waals surface area contributed by atoms with Gasteiger partial charge in [-0.2, -0.15) is 9.82 Å². The zero-order valence-corrected chi connectivity index (χ0v) is 16.9. The van der Waals surface area contributed by atoms with E-state index in [0.29, 0.717) is 10.6 Å². The number of rotatable bonds is 7. The molecule has 6 nitrogen and oxygen atoms in total. The van der Waals surface area contributed by atoms with Crippen LogP contribution in [0.4, 0.5) is 0 Å². The van der Waals surface area contributed by atoms with Gasteiger partial charge in [0.15, 0.2) is 0 Å². The lowest BCUT2D eigenvalue weighted by Gasteiger charge is -2.20. The van der Waals surface area contributed by atoms with Crippen LogP contribution in [0.25, 0.3) is 0 Å². The Kier molecular flexibility index (Phi) is 7.12. The highest BCUT2D eigenvalue weighted by molar-refractivity contribution is 7.89. The second-order valence-electron chi connectivity index (χ2n) is 6.45. The molecule has 0 unspecified atom stereocenters. The van der Waals surface area contributed by atoms with Gasteiger partial charge >= 0.3 is 0 Å². The fourth-order valence-electron chi connectivity index (χ4n) is 2.27. The van der Waals surface area contributed by atoms with Crippen molar-refractivity contribution in [3.63, 3.8) is 0 Å². The van der Waals surface area contributed by atoms with Crippen LogP contribution in [0.3, 0.4) is 0 Å². The largest absolute Gasteiger partial charge is 0.271 e. The van der Waals surface area contributed by atoms with E-state index in [1.54, 1.807) is 50.2 Å². The third-order valence-electron chi connectivity index (χ3n) is 3.80. The molecule has 144 valence electrons. The number of sulfonamides is 1. The maximum atomic E-state index is 12.6. The van der Waals surface area contributed by atoms with Crippen molar-refractivity contribution < 1.29 is 13.2 Å². The number of carbonyl (C=O) groups excluding carboxylic acids is 1. The number of halogens is 1. The van der Waals surface area contributed by atoms with Gasteiger partial charge in [0.2, 0.25) is 10.0 Å². The van der Waals surface area contributed by atoms with Crippen molar-refractivity contribution in [3.8, 4) is 0 Å². The first kappa shape index (κ1) is 21.1. The van der Waals surface area contributed by atoms with Gasteiger partial charge in [-0.15, -0.1) is 0 Å². The minimum Gasteiger partial charge on any atom is -0.271 e. The topological polar surface area (TPSA) is 87.6 Å². The first-order chi connectivity index (χ1) is 12.7. The SMILES string of the molecule is Cc1ccc(S(=O)(=O)N[C@@H](C(=O)N/N=C\c2cccc(Cl)c2)C(C)C)cc1. The molecule has 0 aliphatic heterocycles. The maximum absolute atomic E-state index is 12.6. The average molecular weight is 408 g/mol. The Morgan fingerprint density at radius 3 is 2.41 bits per heavy atom. The van der Waals surface area contributed by atoms with Crippen molar-refractivity contribution in [2.45, 2.75) is 31.7 Å². The molecular weight excluding hydrogens is 386 g/mol. The summed E-state index contributed by atoms with van der Waals surface area (Å²) in [5.74, 6) is -0.814. The molecule has 2 aromatic carbocycles. The van der Waals surface area contributed by atoms with Gasteiger partial charge in [-0.05, 0) is 42.7 Å². The first-order valence-corrected chi connectivity index (χ1v) is 10.2. The first-order valence-electron chi connectivity index (χ1n) is 8.36. The molecule has 0 saturated carbocycles. The second-order valence-corrected chi connectivity index (χ2v) is 8.60. The van der Waals surface area contributed by atoms with Crippen LogP contribution in [0.2, 0.25) is 5.02 Å². The summed E-state index contributed by atoms with van der Waals surface area (Å²) < 4.78 is 27.6. The number of carbonyl (C=O) groups is 1. The highest BCUT2D eigenvalue weighted by atomic mass is 35.5. The summed E-state index contributed by atoms with van der Waals surface area (Å²) in [6, 6.07) is 12.4. The lowest BCUT2D eigenvalue weighted by molar-refractivity contribution is -0.123. The lowest BCUT2D eigenvalue weighted by atomic mass is 10.1. The predicted octanol–water partition coefficient (Wildman–Crippen LogP) is 3.10. The number of aryl methyl sites for hydroxylation is 1. The van der Waals surface area contributed by atoms with Crippen LogP contribution in [0.15, 0.2) is 58.5 Å². The summed E-state index contributed by atoms with van der Waals surface area (Å²) in [6.07, 6.45) is 1.44. The number of hydrazone groups is 1. The van der Waals surface area contributed by atoms with E-state index in [0.717, 1.165) is 5.56 Å². The summed E-state index contributed by atoms with van der Waals surface area (Å²) in [4.78, 5) is 12.5. The van der Waals surface area contributed by atoms with Gasteiger partial charge in [0.25, 0.3) is 5.91 Å². The van der Waals surface area contributed by atoms with Crippen LogP contribution in [-0.4, -0.2) is 26.6 Å². The molecule has 2 aromatic rings. The number of nitrogens with one attached hydrogen (secondary N) is 2. The van der Waals surface area contributed by atoms with E-state index in [-0.39, 0.29) is 10.8 Å². The molecule has 0 fully saturated rings. The Bertz CT molecular complexity index is 925. The molecule has 2 N–H and O–H groups in total. The van der Waals surface area contributed by atoms with Gasteiger partial charge < -0.3 is 0 Å². The molecule has 0 aliphatic carbocycles. The number of hydrogen-bond donors (Lipinski definition) is 2. The van der Waals surface area contributed by atoms with Crippen LogP contribution < -0.4 is 10.1 Å². The van der Waals surface area contributed by atoms with Crippen LogP contribution in [-0.2, 0) is 14.8 Å². The summed E-state index contributed by atoms with van der Waals surface area (Å²) in [7, 11) is -3.83. The average Bonchev–Trinajstić information content (AvgIpc) is 2.60. The molecule has 0 spiro atoms. The fraction of sp³-hybridized carbons (Fsp3) is 0.263. The normalized spacial score (nSPS) is 13.1. The van der Waals surface area contributed by atoms with E-state index in [9.17, 15) is 13.2 Å². The minimum absolute atomic E-state index is 0.106. The molecule has 2 rings (SSSR count). The van der Waals surface area contributed by atoms with E-state index in [2.05, 4.69) is 15.2 Å². The van der Waals surface area contributed by atoms with Crippen molar-refractivity contribution >= 4 is 33.7 Å². The molecule has 8 heteroatoms. The number of hydrogen-bond acceptors (Lipinski definition) is 4. The van der Waals surface area contributed by atoms with Crippen LogP contribution in [0.5, 0.6) is 0 Å². The number of benzene rings is 2. The highest BCUT2D eigenvalue weighted by Gasteiger charge is 2.28. The molecule has 0 heterocycles. The van der Waals surface area contributed by atoms with Crippen molar-refractivity contribution in [1.29, 1.82) is 0 Å². The Labute approximate surface area is 164 Å². The molecular formula is C19H22ClN3O3S. The zero-order chi connectivity index (χ0) is 20.0. The molecule has 0 bridgehead atoms. The fourth-order valence-corrected chi connectivity index (χ4v) is 3.81. The van der Waals surface area contributed by atoms with E-state index in [4.69, 9.17) is 11.6 Å². The third-order valence-corrected chi connectivity index (χ3v) is 5.49. The number of nitrogens with zero attached hydrogens (tertiary/aromatic N) is 1. The standard InChI is InChI=1S/C19H22ClN3O3S/c1-13(2)18(23-27(25,26)17-9-7-14(3)8-10-17)19(24)22-21-12-15-5-4-6-16(20)11-15/h4-13,18,23H,1-3H3,(H,22,24)/b21-12-/t18-/m1/s1. The highest BCUT2D eigenvalue weighted by Crippen LogP contribution is 2.13. The Hall–Kier alpha value is -2.22. The second kappa shape index (κ2) is 9.12. The van der Waals surface area contributed by atoms with Gasteiger partial charge in [0.05, 0.1) is 11.1 Å². The molecule has 0 aromatic heterocycles. The van der Waals surface area contributed by atoms with Crippen molar-refractivity contribution in [2.24, 2.45) is 11.0 Å². The Morgan fingerprint density at radius 1 is 1.15 bits per heavy atom. The van der Waals surface area contributed by atoms with Gasteiger partial charge in [-0.3, -0.25) is 4.79 Å². The predicted molar refractivity (Wildman–Crippen MR) is 107 cm³/mol. The summed E-state index contributed by atoms with van der Waals surface area (Å²) >= 11 is 5.89. The third kappa shape index (κ3) is 6.16. The number of amides is 1. The minimum atomic E-state index is -3.83. The molecule has 0 saturated heterocycles. The maximum Gasteiger partial charge on any atom is 0.258 e. The quantitative estimate of drug-likeness (QED) is 0.546. The Morgan fingerprint density at radius 2 is 1.81 bits per heavy atom. The zero-order valence-electron chi connectivity index (χ0n) is 15.3. The van der Waals surface area contributed by atoms with Crippen molar-refractivity contribution in [2.75, 3.05) is 0 Å². The summed E-state index contributed by atoms with van der Waals surface area (Å²) in [5.41, 5.74) is 4.03. The van der Waals surface area contributed by atoms with E-state index in [1.807, 2.05) is 6.92 Å². The van der Waals surface area contributed by atoms with E-state index >= 15 is 0 Å². The van der Waals surface area contributed by atoms with Gasteiger partial charge in [0, 0.05) is 5.02 Å². The summed E-state index contributed by atoms with van der Waals surface area (Å²) in [6.45, 7) is 5.37. The molecule has 0 aliphatic rings. The smallest absolute Gasteiger partial charge is 0.258 e. The monoisotopic (exact) mass is 407 g/mol. The van der Waals surface area contributed by atoms with Crippen LogP contribution in [0, 0.1) is 12.8 Å². The van der Waals surface area contributed by atoms with Crippen LogP contribution in [0.1, 0.15) is 25.0 Å². The lowest BCUT2D eigenvalue weighted by Crippen LogP contribution is -2.48. The van der Waals surface area contributed by atoms with Crippen LogP contribution >= 0.6 is 11.6 Å². The van der Waals surface area contributed by atoms with Gasteiger partial charge in [-0.25, -0.2) is 13.8 Å². The van der Waals surface area contributed by atoms with Crippen molar-refractivity contribution in [1.82, 2.24) is 10.1 Å². The molecule has 1 atom stereocenters. The molecule has 1 amide bonds. The Balaban J connectivity index is 2.09. The van der Waals surface area contributed by atoms with Gasteiger partial charge in [-0.1, -0.05) is 55.3 Å². The van der Waals surface area contributed by atoms with E-state index < -0.39 is 22.0 Å². The molecule has 27 heavy (non-hydrogen) atoms. The van der Waals surface area contributed by atoms with Crippen molar-refractivity contribution in [3.05, 3.63) is 64.7 Å². The molecule has 0 radical (unpaired) electrons.